The van der Waals surface area contributed by atoms with Crippen molar-refractivity contribution in [3.63, 3.8) is 0 Å². The Balaban J connectivity index is 1.61. The van der Waals surface area contributed by atoms with Crippen LogP contribution in [0.2, 0.25) is 5.02 Å². The number of para-hydroxylation sites is 1. The van der Waals surface area contributed by atoms with Gasteiger partial charge in [-0.1, -0.05) is 59.8 Å². The van der Waals surface area contributed by atoms with E-state index in [1.165, 1.54) is 12.8 Å². The van der Waals surface area contributed by atoms with Gasteiger partial charge in [-0.3, -0.25) is 9.47 Å². The van der Waals surface area contributed by atoms with E-state index in [-0.39, 0.29) is 0 Å². The molecule has 0 atom stereocenters. The Bertz CT molecular complexity index is 859. The van der Waals surface area contributed by atoms with Crippen LogP contribution in [0.5, 0.6) is 0 Å². The molecule has 1 saturated heterocycles. The number of rotatable bonds is 6. The monoisotopic (exact) mass is 384 g/mol. The molecule has 1 aliphatic rings. The van der Waals surface area contributed by atoms with Gasteiger partial charge in [-0.25, -0.2) is 0 Å². The number of thioether (sulfide) groups is 1. The van der Waals surface area contributed by atoms with Crippen molar-refractivity contribution in [3.8, 4) is 5.69 Å². The number of aromatic nitrogens is 3. The summed E-state index contributed by atoms with van der Waals surface area (Å²) in [5, 5.41) is 10.7. The van der Waals surface area contributed by atoms with Gasteiger partial charge in [-0.15, -0.1) is 10.2 Å². The van der Waals surface area contributed by atoms with Crippen LogP contribution in [0.15, 0.2) is 59.8 Å². The van der Waals surface area contributed by atoms with E-state index in [9.17, 15) is 0 Å². The average molecular weight is 385 g/mol. The highest BCUT2D eigenvalue weighted by molar-refractivity contribution is 7.98. The van der Waals surface area contributed by atoms with Crippen molar-refractivity contribution in [2.75, 3.05) is 13.1 Å². The molecular weight excluding hydrogens is 364 g/mol. The van der Waals surface area contributed by atoms with Crippen molar-refractivity contribution in [2.24, 2.45) is 0 Å². The van der Waals surface area contributed by atoms with Gasteiger partial charge in [0.2, 0.25) is 0 Å². The lowest BCUT2D eigenvalue weighted by molar-refractivity contribution is 0.319. The van der Waals surface area contributed by atoms with Crippen LogP contribution >= 0.6 is 23.4 Å². The molecule has 1 aliphatic heterocycles. The summed E-state index contributed by atoms with van der Waals surface area (Å²) in [6, 6.07) is 18.3. The second kappa shape index (κ2) is 8.25. The maximum atomic E-state index is 6.30. The number of hydrogen-bond acceptors (Lipinski definition) is 4. The van der Waals surface area contributed by atoms with Gasteiger partial charge < -0.3 is 0 Å². The highest BCUT2D eigenvalue weighted by Gasteiger charge is 2.19. The molecule has 0 amide bonds. The molecule has 0 bridgehead atoms. The van der Waals surface area contributed by atoms with E-state index >= 15 is 0 Å². The minimum Gasteiger partial charge on any atom is -0.296 e. The van der Waals surface area contributed by atoms with E-state index in [2.05, 4.69) is 50.0 Å². The third-order valence-corrected chi connectivity index (χ3v) is 5.94. The van der Waals surface area contributed by atoms with Crippen LogP contribution in [-0.4, -0.2) is 32.8 Å². The lowest BCUT2D eigenvalue weighted by Crippen LogP contribution is -2.21. The normalized spacial score (nSPS) is 14.8. The second-order valence-electron chi connectivity index (χ2n) is 6.43. The molecule has 1 aromatic heterocycles. The summed E-state index contributed by atoms with van der Waals surface area (Å²) in [5.41, 5.74) is 2.22. The van der Waals surface area contributed by atoms with Crippen LogP contribution in [-0.2, 0) is 12.3 Å². The Hall–Kier alpha value is -1.82. The Labute approximate surface area is 163 Å². The van der Waals surface area contributed by atoms with Crippen LogP contribution in [0.25, 0.3) is 5.69 Å². The highest BCUT2D eigenvalue weighted by Crippen LogP contribution is 2.28. The van der Waals surface area contributed by atoms with Gasteiger partial charge in [0.15, 0.2) is 11.0 Å². The Morgan fingerprint density at radius 1 is 0.923 bits per heavy atom. The molecule has 0 N–H and O–H groups in total. The van der Waals surface area contributed by atoms with Crippen molar-refractivity contribution < 1.29 is 0 Å². The first kappa shape index (κ1) is 17.6. The number of hydrogen-bond donors (Lipinski definition) is 0. The van der Waals surface area contributed by atoms with E-state index in [1.54, 1.807) is 11.8 Å². The fourth-order valence-corrected chi connectivity index (χ4v) is 4.49. The molecule has 1 fully saturated rings. The minimum absolute atomic E-state index is 0.772. The second-order valence-corrected chi connectivity index (χ2v) is 7.78. The van der Waals surface area contributed by atoms with Crippen molar-refractivity contribution in [1.29, 1.82) is 0 Å². The van der Waals surface area contributed by atoms with Gasteiger partial charge in [0, 0.05) is 16.5 Å². The molecule has 4 rings (SSSR count). The highest BCUT2D eigenvalue weighted by atomic mass is 35.5. The molecule has 2 heterocycles. The van der Waals surface area contributed by atoms with Crippen molar-refractivity contribution >= 4 is 23.4 Å². The topological polar surface area (TPSA) is 34.0 Å². The van der Waals surface area contributed by atoms with Crippen molar-refractivity contribution in [3.05, 3.63) is 71.0 Å². The Kier molecular flexibility index (Phi) is 5.58. The maximum absolute atomic E-state index is 6.30. The van der Waals surface area contributed by atoms with E-state index in [4.69, 9.17) is 11.6 Å². The molecule has 3 aromatic rings. The molecule has 0 spiro atoms. The van der Waals surface area contributed by atoms with Gasteiger partial charge in [0.25, 0.3) is 0 Å². The largest absolute Gasteiger partial charge is 0.296 e. The third-order valence-electron chi connectivity index (χ3n) is 4.59. The number of benzene rings is 2. The number of nitrogens with zero attached hydrogens (tertiary/aromatic N) is 4. The van der Waals surface area contributed by atoms with Crippen LogP contribution in [0.3, 0.4) is 0 Å². The first-order valence-corrected chi connectivity index (χ1v) is 10.3. The lowest BCUT2D eigenvalue weighted by atomic mass is 10.2. The molecular formula is C20H21ClN4S. The zero-order valence-electron chi connectivity index (χ0n) is 14.5. The van der Waals surface area contributed by atoms with Gasteiger partial charge >= 0.3 is 0 Å². The van der Waals surface area contributed by atoms with Gasteiger partial charge in [0.05, 0.1) is 6.54 Å². The summed E-state index contributed by atoms with van der Waals surface area (Å²) in [6.07, 6.45) is 2.54. The van der Waals surface area contributed by atoms with Crippen LogP contribution in [0.1, 0.15) is 24.2 Å². The third kappa shape index (κ3) is 3.95. The smallest absolute Gasteiger partial charge is 0.196 e. The lowest BCUT2D eigenvalue weighted by Gasteiger charge is -2.16. The quantitative estimate of drug-likeness (QED) is 0.571. The minimum atomic E-state index is 0.772. The zero-order chi connectivity index (χ0) is 17.8. The van der Waals surface area contributed by atoms with E-state index in [1.807, 2.05) is 24.3 Å². The summed E-state index contributed by atoms with van der Waals surface area (Å²) in [4.78, 5) is 2.45. The average Bonchev–Trinajstić information content (AvgIpc) is 3.32. The Morgan fingerprint density at radius 2 is 1.65 bits per heavy atom. The molecule has 0 unspecified atom stereocenters. The fourth-order valence-electron chi connectivity index (χ4n) is 3.23. The summed E-state index contributed by atoms with van der Waals surface area (Å²) < 4.78 is 2.18. The molecule has 26 heavy (non-hydrogen) atoms. The maximum Gasteiger partial charge on any atom is 0.196 e. The van der Waals surface area contributed by atoms with Crippen molar-refractivity contribution in [1.82, 2.24) is 19.7 Å². The van der Waals surface area contributed by atoms with E-state index in [0.29, 0.717) is 0 Å². The predicted octanol–water partition coefficient (Wildman–Crippen LogP) is 4.81. The first-order chi connectivity index (χ1) is 12.8. The molecule has 2 aromatic carbocycles. The molecule has 6 heteroatoms. The standard InChI is InChI=1S/C20H21ClN4S/c21-18-11-5-4-8-16(18)15-26-20-23-22-19(14-24-12-6-7-13-24)25(20)17-9-2-1-3-10-17/h1-5,8-11H,6-7,12-15H2. The van der Waals surface area contributed by atoms with Gasteiger partial charge in [-0.05, 0) is 49.7 Å². The van der Waals surface area contributed by atoms with E-state index < -0.39 is 0 Å². The number of halogens is 1. The SMILES string of the molecule is Clc1ccccc1CSc1nnc(CN2CCCC2)n1-c1ccccc1. The van der Waals surface area contributed by atoms with Crippen molar-refractivity contribution in [2.45, 2.75) is 30.3 Å². The van der Waals surface area contributed by atoms with Crippen LogP contribution in [0, 0.1) is 0 Å². The molecule has 0 radical (unpaired) electrons. The van der Waals surface area contributed by atoms with Gasteiger partial charge in [-0.2, -0.15) is 0 Å². The predicted molar refractivity (Wildman–Crippen MR) is 107 cm³/mol. The Morgan fingerprint density at radius 3 is 2.42 bits per heavy atom. The molecule has 4 nitrogen and oxygen atoms in total. The fraction of sp³-hybridized carbons (Fsp3) is 0.300. The first-order valence-electron chi connectivity index (χ1n) is 8.89. The summed E-state index contributed by atoms with van der Waals surface area (Å²) in [7, 11) is 0. The van der Waals surface area contributed by atoms with Crippen LogP contribution in [0.4, 0.5) is 0 Å². The molecule has 0 aliphatic carbocycles. The number of likely N-dealkylation sites (tertiary alicyclic amines) is 1. The summed E-state index contributed by atoms with van der Waals surface area (Å²) in [6.45, 7) is 3.13. The van der Waals surface area contributed by atoms with Gasteiger partial charge in [0.1, 0.15) is 0 Å². The summed E-state index contributed by atoms with van der Waals surface area (Å²) >= 11 is 7.98. The molecule has 0 saturated carbocycles. The van der Waals surface area contributed by atoms with E-state index in [0.717, 1.165) is 52.6 Å². The summed E-state index contributed by atoms with van der Waals surface area (Å²) in [5.74, 6) is 1.77. The zero-order valence-corrected chi connectivity index (χ0v) is 16.1. The van der Waals surface area contributed by atoms with Crippen LogP contribution < -0.4 is 0 Å². The molecule has 134 valence electrons.